The van der Waals surface area contributed by atoms with Crippen LogP contribution >= 0.6 is 0 Å². The molecule has 0 aliphatic heterocycles. The van der Waals surface area contributed by atoms with Crippen LogP contribution in [0.2, 0.25) is 0 Å². The zero-order chi connectivity index (χ0) is 15.2. The van der Waals surface area contributed by atoms with Gasteiger partial charge in [-0.25, -0.2) is 0 Å². The predicted molar refractivity (Wildman–Crippen MR) is 70.6 cm³/mol. The van der Waals surface area contributed by atoms with Crippen molar-refractivity contribution < 1.29 is 58.4 Å². The first-order chi connectivity index (χ1) is 9.36. The van der Waals surface area contributed by atoms with Crippen molar-refractivity contribution in [1.29, 1.82) is 0 Å². The van der Waals surface area contributed by atoms with E-state index >= 15 is 0 Å². The molecule has 21 heavy (non-hydrogen) atoms. The molecule has 0 bridgehead atoms. The fraction of sp³-hybridized carbons (Fsp3) is 0.455. The Morgan fingerprint density at radius 3 is 2.52 bits per heavy atom. The molecule has 0 aliphatic carbocycles. The summed E-state index contributed by atoms with van der Waals surface area (Å²) >= 11 is 0. The quantitative estimate of drug-likeness (QED) is 0.208. The van der Waals surface area contributed by atoms with Crippen LogP contribution in [0.3, 0.4) is 0 Å². The predicted octanol–water partition coefficient (Wildman–Crippen LogP) is -1.24. The maximum atomic E-state index is 11.2. The molecule has 0 unspecified atom stereocenters. The van der Waals surface area contributed by atoms with Crippen LogP contribution in [0.5, 0.6) is 5.75 Å². The third kappa shape index (κ3) is 6.72. The van der Waals surface area contributed by atoms with E-state index in [0.29, 0.717) is 6.61 Å². The topological polar surface area (TPSA) is 116 Å². The van der Waals surface area contributed by atoms with Gasteiger partial charge in [0.05, 0.1) is 11.5 Å². The Kier molecular flexibility index (Phi) is 9.02. The van der Waals surface area contributed by atoms with Gasteiger partial charge in [0.2, 0.25) is 0 Å². The van der Waals surface area contributed by atoms with E-state index in [1.807, 2.05) is 6.92 Å². The molecule has 0 saturated heterocycles. The minimum atomic E-state index is -4.61. The van der Waals surface area contributed by atoms with Gasteiger partial charge < -0.3 is 10.9 Å². The third-order valence-corrected chi connectivity index (χ3v) is 3.12. The molecular weight excluding hydrogens is 313 g/mol. The van der Waals surface area contributed by atoms with E-state index in [0.717, 1.165) is 24.6 Å². The molecule has 0 saturated carbocycles. The number of non-ortho nitro benzene ring substituents is 1. The smallest absolute Gasteiger partial charge is 1.00 e. The number of hydrogen-bond donors (Lipinski definition) is 1. The Balaban J connectivity index is 0. The molecule has 1 rings (SSSR count). The van der Waals surface area contributed by atoms with Crippen LogP contribution in [0.15, 0.2) is 23.1 Å². The summed E-state index contributed by atoms with van der Waals surface area (Å²) < 4.78 is 41.7. The van der Waals surface area contributed by atoms with Crippen LogP contribution < -0.4 is 34.3 Å². The van der Waals surface area contributed by atoms with Gasteiger partial charge in [0.15, 0.2) is 0 Å². The molecule has 0 fully saturated rings. The monoisotopic (exact) mass is 329 g/mol. The summed E-state index contributed by atoms with van der Waals surface area (Å²) in [6, 6.07) is 2.97. The fourth-order valence-electron chi connectivity index (χ4n) is 1.39. The van der Waals surface area contributed by atoms with Gasteiger partial charge in [-0.1, -0.05) is 6.92 Å². The number of hydrogen-bond acceptors (Lipinski definition) is 6. The molecule has 0 atom stereocenters. The number of ether oxygens (including phenoxy) is 2. The van der Waals surface area contributed by atoms with Crippen LogP contribution in [0.1, 0.15) is 14.8 Å². The molecule has 114 valence electrons. The van der Waals surface area contributed by atoms with Crippen LogP contribution in [0.25, 0.3) is 0 Å². The second-order valence-corrected chi connectivity index (χ2v) is 5.21. The second kappa shape index (κ2) is 9.34. The van der Waals surface area contributed by atoms with E-state index in [1.165, 1.54) is 0 Å². The zero-order valence-electron chi connectivity index (χ0n) is 12.8. The van der Waals surface area contributed by atoms with Crippen molar-refractivity contribution in [3.63, 3.8) is 0 Å². The summed E-state index contributed by atoms with van der Waals surface area (Å²) in [5.74, 6) is -0.154. The second-order valence-electron chi connectivity index (χ2n) is 3.82. The molecule has 0 amide bonds. The number of nitrogens with zero attached hydrogens (tertiary/aromatic N) is 1. The molecule has 1 N–H and O–H groups in total. The average Bonchev–Trinajstić information content (AvgIpc) is 2.37. The molecular formula is C11H16NNaO7S. The van der Waals surface area contributed by atoms with Crippen LogP contribution in [-0.2, 0) is 14.9 Å². The van der Waals surface area contributed by atoms with Crippen molar-refractivity contribution in [3.8, 4) is 5.75 Å². The Bertz CT molecular complexity index is 582. The minimum Gasteiger partial charge on any atom is -1.00 e. The Hall–Kier alpha value is -0.710. The number of rotatable bonds is 8. The summed E-state index contributed by atoms with van der Waals surface area (Å²) in [4.78, 5) is 9.19. The minimum absolute atomic E-state index is 0. The SMILES string of the molecule is CCCOCCOc1ccc([N+](=O)[O-])cc1S(=O)(=O)O.[H-].[Na+]. The van der Waals surface area contributed by atoms with Crippen molar-refractivity contribution in [3.05, 3.63) is 28.3 Å². The van der Waals surface area contributed by atoms with Gasteiger partial charge in [0, 0.05) is 18.7 Å². The Labute approximate surface area is 146 Å². The standard InChI is InChI=1S/C11H15NO7S.Na.H/c1-2-5-18-6-7-19-10-4-3-9(12(13)14)8-11(10)20(15,16)17;;/h3-4,8H,2,5-7H2,1H3,(H,15,16,17);;/q;+1;-1. The van der Waals surface area contributed by atoms with E-state index in [1.54, 1.807) is 0 Å². The maximum absolute atomic E-state index is 11.2. The third-order valence-electron chi connectivity index (χ3n) is 2.25. The van der Waals surface area contributed by atoms with Crippen molar-refractivity contribution in [2.45, 2.75) is 18.2 Å². The van der Waals surface area contributed by atoms with Crippen LogP contribution in [-0.4, -0.2) is 37.7 Å². The van der Waals surface area contributed by atoms with Gasteiger partial charge in [-0.3, -0.25) is 14.7 Å². The first-order valence-electron chi connectivity index (χ1n) is 5.82. The summed E-state index contributed by atoms with van der Waals surface area (Å²) in [5.41, 5.74) is -0.452. The van der Waals surface area contributed by atoms with Crippen molar-refractivity contribution in [2.24, 2.45) is 0 Å². The molecule has 10 heteroatoms. The van der Waals surface area contributed by atoms with E-state index in [-0.39, 0.29) is 49.9 Å². The van der Waals surface area contributed by atoms with E-state index in [2.05, 4.69) is 0 Å². The first-order valence-corrected chi connectivity index (χ1v) is 7.26. The number of benzene rings is 1. The van der Waals surface area contributed by atoms with Crippen LogP contribution in [0.4, 0.5) is 5.69 Å². The molecule has 0 aliphatic rings. The van der Waals surface area contributed by atoms with E-state index < -0.39 is 25.6 Å². The van der Waals surface area contributed by atoms with Gasteiger partial charge in [0.25, 0.3) is 15.8 Å². The largest absolute Gasteiger partial charge is 1.00 e. The molecule has 8 nitrogen and oxygen atoms in total. The van der Waals surface area contributed by atoms with Gasteiger partial charge in [-0.05, 0) is 12.5 Å². The maximum Gasteiger partial charge on any atom is 1.00 e. The molecule has 1 aromatic carbocycles. The van der Waals surface area contributed by atoms with E-state index in [4.69, 9.17) is 14.0 Å². The molecule has 0 spiro atoms. The molecule has 0 aromatic heterocycles. The average molecular weight is 329 g/mol. The Morgan fingerprint density at radius 2 is 2.00 bits per heavy atom. The van der Waals surface area contributed by atoms with Crippen molar-refractivity contribution in [2.75, 3.05) is 19.8 Å². The van der Waals surface area contributed by atoms with Gasteiger partial charge in [0.1, 0.15) is 17.3 Å². The molecule has 1 aromatic rings. The van der Waals surface area contributed by atoms with Crippen LogP contribution in [0, 0.1) is 10.1 Å². The summed E-state index contributed by atoms with van der Waals surface area (Å²) in [7, 11) is -4.61. The fourth-order valence-corrected chi connectivity index (χ4v) is 2.04. The van der Waals surface area contributed by atoms with Crippen molar-refractivity contribution >= 4 is 15.8 Å². The Morgan fingerprint density at radius 1 is 1.33 bits per heavy atom. The summed E-state index contributed by atoms with van der Waals surface area (Å²) in [5, 5.41) is 10.6. The number of nitro benzene ring substituents is 1. The van der Waals surface area contributed by atoms with Crippen molar-refractivity contribution in [1.82, 2.24) is 0 Å². The normalized spacial score (nSPS) is 10.8. The first kappa shape index (κ1) is 20.3. The van der Waals surface area contributed by atoms with E-state index in [9.17, 15) is 18.5 Å². The zero-order valence-corrected chi connectivity index (χ0v) is 14.6. The summed E-state index contributed by atoms with van der Waals surface area (Å²) in [6.07, 6.45) is 0.841. The van der Waals surface area contributed by atoms with Gasteiger partial charge in [-0.15, -0.1) is 0 Å². The number of nitro groups is 1. The molecule has 0 heterocycles. The van der Waals surface area contributed by atoms with Gasteiger partial charge in [-0.2, -0.15) is 8.42 Å². The van der Waals surface area contributed by atoms with Gasteiger partial charge >= 0.3 is 29.6 Å². The summed E-state index contributed by atoms with van der Waals surface area (Å²) in [6.45, 7) is 2.80. The molecule has 0 radical (unpaired) electrons.